The summed E-state index contributed by atoms with van der Waals surface area (Å²) in [7, 11) is 0. The van der Waals surface area contributed by atoms with E-state index in [1.165, 1.54) is 23.0 Å². The average Bonchev–Trinajstić information content (AvgIpc) is 3.28. The number of anilines is 1. The van der Waals surface area contributed by atoms with Crippen LogP contribution in [-0.2, 0) is 6.18 Å². The normalized spacial score (nSPS) is 14.6. The van der Waals surface area contributed by atoms with Gasteiger partial charge in [0, 0.05) is 54.8 Å². The maximum Gasteiger partial charge on any atom is 0.416 e. The van der Waals surface area contributed by atoms with Gasteiger partial charge in [-0.15, -0.1) is 5.10 Å². The number of halogens is 4. The molecule has 4 heterocycles. The van der Waals surface area contributed by atoms with E-state index in [1.54, 1.807) is 29.3 Å². The Morgan fingerprint density at radius 2 is 1.82 bits per heavy atom. The van der Waals surface area contributed by atoms with Crippen LogP contribution in [0, 0.1) is 0 Å². The molecule has 0 aliphatic carbocycles. The third-order valence-electron chi connectivity index (χ3n) is 5.52. The number of aromatic nitrogens is 5. The Kier molecular flexibility index (Phi) is 5.68. The molecule has 1 saturated heterocycles. The summed E-state index contributed by atoms with van der Waals surface area (Å²) < 4.78 is 41.7. The van der Waals surface area contributed by atoms with Crippen molar-refractivity contribution in [1.29, 1.82) is 0 Å². The van der Waals surface area contributed by atoms with Crippen LogP contribution in [0.5, 0.6) is 0 Å². The lowest BCUT2D eigenvalue weighted by Crippen LogP contribution is -2.49. The van der Waals surface area contributed by atoms with Crippen molar-refractivity contribution in [2.75, 3.05) is 31.1 Å². The topological polar surface area (TPSA) is 79.5 Å². The van der Waals surface area contributed by atoms with E-state index in [0.717, 1.165) is 16.6 Å². The maximum atomic E-state index is 13.2. The van der Waals surface area contributed by atoms with E-state index in [0.29, 0.717) is 48.9 Å². The summed E-state index contributed by atoms with van der Waals surface area (Å²) in [5.41, 5.74) is 0.572. The molecule has 1 fully saturated rings. The highest BCUT2D eigenvalue weighted by Crippen LogP contribution is 2.32. The van der Waals surface area contributed by atoms with E-state index in [-0.39, 0.29) is 11.7 Å². The van der Waals surface area contributed by atoms with Gasteiger partial charge in [-0.3, -0.25) is 9.78 Å². The second-order valence-corrected chi connectivity index (χ2v) is 8.62. The molecule has 0 saturated carbocycles. The van der Waals surface area contributed by atoms with Crippen LogP contribution in [0.3, 0.4) is 0 Å². The van der Waals surface area contributed by atoms with Gasteiger partial charge in [-0.2, -0.15) is 22.7 Å². The van der Waals surface area contributed by atoms with Crippen molar-refractivity contribution in [3.8, 4) is 11.3 Å². The lowest BCUT2D eigenvalue weighted by molar-refractivity contribution is -0.137. The Balaban J connectivity index is 1.37. The van der Waals surface area contributed by atoms with Crippen molar-refractivity contribution >= 4 is 33.6 Å². The quantitative estimate of drug-likeness (QED) is 0.398. The molecule has 1 aliphatic rings. The van der Waals surface area contributed by atoms with E-state index in [9.17, 15) is 18.0 Å². The minimum atomic E-state index is -4.45. The number of hydrogen-bond donors (Lipinski definition) is 0. The van der Waals surface area contributed by atoms with E-state index in [1.807, 2.05) is 4.90 Å². The summed E-state index contributed by atoms with van der Waals surface area (Å²) in [6, 6.07) is 8.39. The zero-order valence-corrected chi connectivity index (χ0v) is 19.2. The summed E-state index contributed by atoms with van der Waals surface area (Å²) >= 11 is 3.33. The molecular formula is C22H17BrF3N7O. The highest BCUT2D eigenvalue weighted by molar-refractivity contribution is 9.10. The molecule has 34 heavy (non-hydrogen) atoms. The number of rotatable bonds is 3. The highest BCUT2D eigenvalue weighted by Gasteiger charge is 2.31. The number of amides is 1. The SMILES string of the molecule is O=C(c1cncc(Br)c1)N1CCN(c2nc3nccc(-c4cccc(C(F)(F)F)c4)n3n2)CC1. The van der Waals surface area contributed by atoms with Crippen LogP contribution in [0.4, 0.5) is 19.1 Å². The van der Waals surface area contributed by atoms with Gasteiger partial charge in [0.15, 0.2) is 0 Å². The lowest BCUT2D eigenvalue weighted by Gasteiger charge is -2.34. The fourth-order valence-electron chi connectivity index (χ4n) is 3.81. The first-order valence-corrected chi connectivity index (χ1v) is 11.1. The zero-order valence-electron chi connectivity index (χ0n) is 17.6. The second-order valence-electron chi connectivity index (χ2n) is 7.70. The minimum Gasteiger partial charge on any atom is -0.336 e. The number of carbonyl (C=O) groups is 1. The third-order valence-corrected chi connectivity index (χ3v) is 5.95. The van der Waals surface area contributed by atoms with E-state index < -0.39 is 11.7 Å². The van der Waals surface area contributed by atoms with Crippen LogP contribution < -0.4 is 4.90 Å². The molecule has 1 aliphatic heterocycles. The predicted molar refractivity (Wildman–Crippen MR) is 121 cm³/mol. The number of pyridine rings is 1. The summed E-state index contributed by atoms with van der Waals surface area (Å²) in [6.45, 7) is 1.94. The minimum absolute atomic E-state index is 0.107. The molecule has 5 rings (SSSR count). The molecule has 4 aromatic rings. The van der Waals surface area contributed by atoms with Gasteiger partial charge in [-0.1, -0.05) is 12.1 Å². The number of hydrogen-bond acceptors (Lipinski definition) is 6. The molecule has 12 heteroatoms. The molecule has 0 atom stereocenters. The molecular weight excluding hydrogens is 515 g/mol. The van der Waals surface area contributed by atoms with Gasteiger partial charge in [0.2, 0.25) is 5.95 Å². The van der Waals surface area contributed by atoms with Gasteiger partial charge >= 0.3 is 6.18 Å². The average molecular weight is 532 g/mol. The fraction of sp³-hybridized carbons (Fsp3) is 0.227. The van der Waals surface area contributed by atoms with Crippen molar-refractivity contribution in [1.82, 2.24) is 29.5 Å². The van der Waals surface area contributed by atoms with Crippen molar-refractivity contribution in [3.05, 3.63) is 70.6 Å². The first-order valence-electron chi connectivity index (χ1n) is 10.3. The number of fused-ring (bicyclic) bond motifs is 1. The largest absolute Gasteiger partial charge is 0.416 e. The molecule has 1 amide bonds. The lowest BCUT2D eigenvalue weighted by atomic mass is 10.1. The molecule has 3 aromatic heterocycles. The smallest absolute Gasteiger partial charge is 0.336 e. The van der Waals surface area contributed by atoms with Crippen LogP contribution in [0.15, 0.2) is 59.5 Å². The van der Waals surface area contributed by atoms with Crippen LogP contribution in [0.2, 0.25) is 0 Å². The Morgan fingerprint density at radius 1 is 1.03 bits per heavy atom. The molecule has 0 bridgehead atoms. The van der Waals surface area contributed by atoms with Gasteiger partial charge in [0.25, 0.3) is 11.7 Å². The Hall–Kier alpha value is -3.54. The van der Waals surface area contributed by atoms with E-state index >= 15 is 0 Å². The predicted octanol–water partition coefficient (Wildman–Crippen LogP) is 3.93. The van der Waals surface area contributed by atoms with Gasteiger partial charge < -0.3 is 9.80 Å². The van der Waals surface area contributed by atoms with Crippen LogP contribution in [-0.4, -0.2) is 61.6 Å². The second kappa shape index (κ2) is 8.67. The maximum absolute atomic E-state index is 13.2. The third kappa shape index (κ3) is 4.32. The van der Waals surface area contributed by atoms with Gasteiger partial charge in [0.1, 0.15) is 0 Å². The Bertz CT molecular complexity index is 1370. The number of carbonyl (C=O) groups excluding carboxylic acids is 1. The zero-order chi connectivity index (χ0) is 23.9. The van der Waals surface area contributed by atoms with Gasteiger partial charge in [-0.05, 0) is 40.2 Å². The Morgan fingerprint density at radius 3 is 2.56 bits per heavy atom. The monoisotopic (exact) mass is 531 g/mol. The summed E-state index contributed by atoms with van der Waals surface area (Å²) in [4.78, 5) is 29.1. The van der Waals surface area contributed by atoms with Crippen LogP contribution >= 0.6 is 15.9 Å². The fourth-order valence-corrected chi connectivity index (χ4v) is 4.18. The number of piperazine rings is 1. The van der Waals surface area contributed by atoms with E-state index in [4.69, 9.17) is 0 Å². The van der Waals surface area contributed by atoms with Crippen molar-refractivity contribution in [2.24, 2.45) is 0 Å². The van der Waals surface area contributed by atoms with E-state index in [2.05, 4.69) is 36.0 Å². The Labute approximate surface area is 200 Å². The molecule has 0 N–H and O–H groups in total. The molecule has 0 radical (unpaired) electrons. The molecule has 0 spiro atoms. The first-order chi connectivity index (χ1) is 16.3. The molecule has 8 nitrogen and oxygen atoms in total. The van der Waals surface area contributed by atoms with Crippen molar-refractivity contribution in [3.63, 3.8) is 0 Å². The van der Waals surface area contributed by atoms with Gasteiger partial charge in [-0.25, -0.2) is 4.98 Å². The number of nitrogens with zero attached hydrogens (tertiary/aromatic N) is 7. The molecule has 174 valence electrons. The summed E-state index contributed by atoms with van der Waals surface area (Å²) in [5.74, 6) is 0.580. The van der Waals surface area contributed by atoms with Crippen molar-refractivity contribution in [2.45, 2.75) is 6.18 Å². The number of alkyl halides is 3. The molecule has 1 aromatic carbocycles. The van der Waals surface area contributed by atoms with Gasteiger partial charge in [0.05, 0.1) is 16.8 Å². The van der Waals surface area contributed by atoms with Crippen LogP contribution in [0.25, 0.3) is 17.0 Å². The highest BCUT2D eigenvalue weighted by atomic mass is 79.9. The first kappa shape index (κ1) is 22.3. The summed E-state index contributed by atoms with van der Waals surface area (Å²) in [6.07, 6.45) is 0.195. The molecule has 0 unspecified atom stereocenters. The standard InChI is InChI=1S/C22H17BrF3N7O/c23-17-11-15(12-27-13-17)19(34)31-6-8-32(9-7-31)21-29-20-28-5-4-18(33(20)30-21)14-2-1-3-16(10-14)22(24,25)26/h1-5,10-13H,6-9H2. The summed E-state index contributed by atoms with van der Waals surface area (Å²) in [5, 5.41) is 4.51. The van der Waals surface area contributed by atoms with Crippen LogP contribution in [0.1, 0.15) is 15.9 Å². The number of benzene rings is 1. The van der Waals surface area contributed by atoms with Crippen molar-refractivity contribution < 1.29 is 18.0 Å².